The first-order chi connectivity index (χ1) is 9.03. The Morgan fingerprint density at radius 3 is 2.00 bits per heavy atom. The van der Waals surface area contributed by atoms with Gasteiger partial charge in [0.2, 0.25) is 0 Å². The highest BCUT2D eigenvalue weighted by Gasteiger charge is 2.38. The van der Waals surface area contributed by atoms with Crippen molar-refractivity contribution in [3.8, 4) is 0 Å². The molecule has 0 amide bonds. The maximum atomic E-state index is 6.19. The smallest absolute Gasteiger partial charge is 0.103 e. The van der Waals surface area contributed by atoms with Crippen molar-refractivity contribution < 1.29 is 14.2 Å². The molecule has 1 aliphatic rings. The normalized spacial score (nSPS) is 31.6. The van der Waals surface area contributed by atoms with Crippen LogP contribution in [0.3, 0.4) is 0 Å². The van der Waals surface area contributed by atoms with E-state index in [4.69, 9.17) is 19.9 Å². The fraction of sp³-hybridized carbons (Fsp3) is 0.875. The lowest BCUT2D eigenvalue weighted by atomic mass is 9.87. The summed E-state index contributed by atoms with van der Waals surface area (Å²) >= 11 is 0. The van der Waals surface area contributed by atoms with E-state index in [9.17, 15) is 0 Å². The van der Waals surface area contributed by atoms with Crippen molar-refractivity contribution in [3.63, 3.8) is 0 Å². The fourth-order valence-corrected chi connectivity index (χ4v) is 2.30. The summed E-state index contributed by atoms with van der Waals surface area (Å²) in [6.07, 6.45) is 3.85. The molecule has 0 bridgehead atoms. The van der Waals surface area contributed by atoms with Crippen molar-refractivity contribution in [3.05, 3.63) is 12.2 Å². The highest BCUT2D eigenvalue weighted by molar-refractivity contribution is 5.10. The Bertz CT molecular complexity index is 328. The molecule has 118 valence electrons. The minimum absolute atomic E-state index is 0.0950. The van der Waals surface area contributed by atoms with Crippen LogP contribution in [-0.2, 0) is 14.2 Å². The van der Waals surface area contributed by atoms with Gasteiger partial charge in [0, 0.05) is 13.0 Å². The molecule has 0 aromatic heterocycles. The van der Waals surface area contributed by atoms with Gasteiger partial charge in [0.05, 0.1) is 30.0 Å². The minimum atomic E-state index is -0.244. The van der Waals surface area contributed by atoms with Gasteiger partial charge in [-0.3, -0.25) is 0 Å². The molecule has 1 rings (SSSR count). The lowest BCUT2D eigenvalue weighted by molar-refractivity contribution is -0.156. The zero-order valence-electron chi connectivity index (χ0n) is 14.0. The molecule has 0 radical (unpaired) electrons. The van der Waals surface area contributed by atoms with E-state index in [1.165, 1.54) is 0 Å². The number of methoxy groups -OCH3 is 1. The Labute approximate surface area is 123 Å². The topological polar surface area (TPSA) is 53.7 Å². The Morgan fingerprint density at radius 2 is 1.55 bits per heavy atom. The fourth-order valence-electron chi connectivity index (χ4n) is 2.30. The molecule has 0 fully saturated rings. The molecule has 0 saturated carbocycles. The van der Waals surface area contributed by atoms with Crippen LogP contribution in [0, 0.1) is 5.92 Å². The van der Waals surface area contributed by atoms with Crippen LogP contribution in [0.2, 0.25) is 0 Å². The second kappa shape index (κ2) is 6.56. The van der Waals surface area contributed by atoms with E-state index in [2.05, 4.69) is 26.8 Å². The third-order valence-corrected chi connectivity index (χ3v) is 3.18. The van der Waals surface area contributed by atoms with E-state index in [0.717, 1.165) is 0 Å². The predicted octanol–water partition coefficient (Wildman–Crippen LogP) is 2.51. The number of ether oxygens (including phenoxy) is 3. The van der Waals surface area contributed by atoms with Gasteiger partial charge in [-0.25, -0.2) is 0 Å². The summed E-state index contributed by atoms with van der Waals surface area (Å²) in [5.74, 6) is 0.151. The van der Waals surface area contributed by atoms with Crippen LogP contribution in [0.25, 0.3) is 0 Å². The second-order valence-corrected chi connectivity index (χ2v) is 7.44. The SMILES string of the molecule is CO[C@@H]1C(OC(C)(C)C)[C@@H](COC(C)(C)C)C=C[C@H]1N. The highest BCUT2D eigenvalue weighted by atomic mass is 16.6. The molecule has 0 heterocycles. The van der Waals surface area contributed by atoms with Crippen LogP contribution in [-0.4, -0.2) is 43.2 Å². The molecule has 20 heavy (non-hydrogen) atoms. The molecular weight excluding hydrogens is 254 g/mol. The van der Waals surface area contributed by atoms with Crippen LogP contribution in [0.5, 0.6) is 0 Å². The first-order valence-corrected chi connectivity index (χ1v) is 7.32. The molecule has 0 aromatic carbocycles. The van der Waals surface area contributed by atoms with Gasteiger partial charge in [0.25, 0.3) is 0 Å². The molecule has 2 N–H and O–H groups in total. The quantitative estimate of drug-likeness (QED) is 0.806. The lowest BCUT2D eigenvalue weighted by Crippen LogP contribution is -2.53. The maximum Gasteiger partial charge on any atom is 0.103 e. The molecule has 0 spiro atoms. The summed E-state index contributed by atoms with van der Waals surface area (Å²) in [6, 6.07) is -0.141. The summed E-state index contributed by atoms with van der Waals surface area (Å²) in [5.41, 5.74) is 5.70. The van der Waals surface area contributed by atoms with Crippen molar-refractivity contribution >= 4 is 0 Å². The Morgan fingerprint density at radius 1 is 0.950 bits per heavy atom. The van der Waals surface area contributed by atoms with Crippen molar-refractivity contribution in [2.24, 2.45) is 11.7 Å². The average Bonchev–Trinajstić information content (AvgIpc) is 2.25. The van der Waals surface area contributed by atoms with Gasteiger partial charge >= 0.3 is 0 Å². The van der Waals surface area contributed by atoms with Crippen molar-refractivity contribution in [2.45, 2.75) is 71.0 Å². The predicted molar refractivity (Wildman–Crippen MR) is 81.7 cm³/mol. The molecule has 4 atom stereocenters. The summed E-state index contributed by atoms with van der Waals surface area (Å²) in [4.78, 5) is 0. The van der Waals surface area contributed by atoms with E-state index >= 15 is 0 Å². The molecule has 4 heteroatoms. The monoisotopic (exact) mass is 285 g/mol. The third-order valence-electron chi connectivity index (χ3n) is 3.18. The first-order valence-electron chi connectivity index (χ1n) is 7.32. The van der Waals surface area contributed by atoms with E-state index in [1.807, 2.05) is 26.8 Å². The van der Waals surface area contributed by atoms with Crippen LogP contribution in [0.1, 0.15) is 41.5 Å². The lowest BCUT2D eigenvalue weighted by Gasteiger charge is -2.41. The van der Waals surface area contributed by atoms with E-state index in [0.29, 0.717) is 6.61 Å². The summed E-state index contributed by atoms with van der Waals surface area (Å²) in [6.45, 7) is 12.9. The van der Waals surface area contributed by atoms with E-state index in [1.54, 1.807) is 7.11 Å². The number of hydrogen-bond acceptors (Lipinski definition) is 4. The summed E-state index contributed by atoms with van der Waals surface area (Å²) in [7, 11) is 1.68. The zero-order chi connectivity index (χ0) is 15.6. The van der Waals surface area contributed by atoms with Crippen LogP contribution >= 0.6 is 0 Å². The van der Waals surface area contributed by atoms with Crippen LogP contribution in [0.4, 0.5) is 0 Å². The number of rotatable bonds is 4. The van der Waals surface area contributed by atoms with Crippen LogP contribution < -0.4 is 5.73 Å². The van der Waals surface area contributed by atoms with E-state index < -0.39 is 0 Å². The van der Waals surface area contributed by atoms with Gasteiger partial charge in [-0.05, 0) is 41.5 Å². The van der Waals surface area contributed by atoms with E-state index in [-0.39, 0.29) is 35.4 Å². The molecule has 1 aliphatic carbocycles. The Hall–Kier alpha value is -0.420. The molecule has 1 unspecified atom stereocenters. The molecular formula is C16H31NO3. The average molecular weight is 285 g/mol. The number of nitrogens with two attached hydrogens (primary N) is 1. The van der Waals surface area contributed by atoms with Gasteiger partial charge in [0.1, 0.15) is 6.10 Å². The first kappa shape index (κ1) is 17.6. The van der Waals surface area contributed by atoms with Gasteiger partial charge in [-0.2, -0.15) is 0 Å². The molecule has 0 aliphatic heterocycles. The molecule has 0 saturated heterocycles. The largest absolute Gasteiger partial charge is 0.377 e. The van der Waals surface area contributed by atoms with Crippen molar-refractivity contribution in [1.29, 1.82) is 0 Å². The minimum Gasteiger partial charge on any atom is -0.377 e. The number of hydrogen-bond donors (Lipinski definition) is 1. The Kier molecular flexibility index (Phi) is 5.79. The third kappa shape index (κ3) is 5.52. The standard InChI is InChI=1S/C16H31NO3/c1-15(2,3)19-10-11-8-9-12(17)14(18-7)13(11)20-16(4,5)6/h8-9,11-14H,10,17H2,1-7H3/t11-,12-,13?,14+/m1/s1. The highest BCUT2D eigenvalue weighted by Crippen LogP contribution is 2.28. The zero-order valence-corrected chi connectivity index (χ0v) is 14.0. The molecule has 4 nitrogen and oxygen atoms in total. The van der Waals surface area contributed by atoms with Gasteiger partial charge in [0.15, 0.2) is 0 Å². The van der Waals surface area contributed by atoms with Crippen molar-refractivity contribution in [1.82, 2.24) is 0 Å². The van der Waals surface area contributed by atoms with Crippen LogP contribution in [0.15, 0.2) is 12.2 Å². The molecule has 0 aromatic rings. The second-order valence-electron chi connectivity index (χ2n) is 7.44. The van der Waals surface area contributed by atoms with Gasteiger partial charge in [-0.15, -0.1) is 0 Å². The van der Waals surface area contributed by atoms with Gasteiger partial charge in [-0.1, -0.05) is 12.2 Å². The summed E-state index contributed by atoms with van der Waals surface area (Å²) in [5, 5.41) is 0. The summed E-state index contributed by atoms with van der Waals surface area (Å²) < 4.78 is 17.7. The van der Waals surface area contributed by atoms with Gasteiger partial charge < -0.3 is 19.9 Å². The van der Waals surface area contributed by atoms with Crippen molar-refractivity contribution in [2.75, 3.05) is 13.7 Å². The maximum absolute atomic E-state index is 6.19. The Balaban J connectivity index is 2.85.